The molecule has 4 aromatic rings. The van der Waals surface area contributed by atoms with Crippen molar-refractivity contribution in [1.82, 2.24) is 0 Å². The van der Waals surface area contributed by atoms with Crippen molar-refractivity contribution in [1.29, 1.82) is 0 Å². The molecule has 4 rings (SSSR count). The van der Waals surface area contributed by atoms with E-state index in [2.05, 4.69) is 132 Å². The summed E-state index contributed by atoms with van der Waals surface area (Å²) < 4.78 is -0.290. The number of rotatable bonds is 4. The Hall–Kier alpha value is -2.27. The van der Waals surface area contributed by atoms with Gasteiger partial charge in [-0.3, -0.25) is 0 Å². The summed E-state index contributed by atoms with van der Waals surface area (Å²) in [6.07, 6.45) is 0. The second-order valence-electron chi connectivity index (χ2n) is 6.35. The van der Waals surface area contributed by atoms with Gasteiger partial charge in [-0.2, -0.15) is 0 Å². The molecule has 0 spiro atoms. The Morgan fingerprint density at radius 2 is 0.889 bits per heavy atom. The topological polar surface area (TPSA) is 0 Å². The first kappa shape index (κ1) is 19.5. The van der Waals surface area contributed by atoms with Crippen LogP contribution in [0.5, 0.6) is 0 Å². The molecule has 0 aromatic heterocycles. The average Bonchev–Trinajstić information content (AvgIpc) is 2.75. The Bertz CT molecular complexity index is 943. The SMILES string of the molecule is Cl.[As]C(c1ccccc1)(c1ccccc1)c1ccccc1-c1ccccc1. The summed E-state index contributed by atoms with van der Waals surface area (Å²) in [4.78, 5) is 0. The van der Waals surface area contributed by atoms with Gasteiger partial charge in [-0.1, -0.05) is 0 Å². The zero-order valence-electron chi connectivity index (χ0n) is 14.8. The van der Waals surface area contributed by atoms with E-state index in [0.717, 1.165) is 0 Å². The van der Waals surface area contributed by atoms with E-state index in [0.29, 0.717) is 0 Å². The molecule has 0 aliphatic heterocycles. The molecule has 0 aliphatic carbocycles. The van der Waals surface area contributed by atoms with Crippen molar-refractivity contribution in [3.05, 3.63) is 132 Å². The Labute approximate surface area is 176 Å². The van der Waals surface area contributed by atoms with E-state index < -0.39 is 0 Å². The van der Waals surface area contributed by atoms with Crippen molar-refractivity contribution >= 4 is 29.3 Å². The van der Waals surface area contributed by atoms with Crippen molar-refractivity contribution in [2.75, 3.05) is 0 Å². The predicted molar refractivity (Wildman–Crippen MR) is 118 cm³/mol. The van der Waals surface area contributed by atoms with Gasteiger partial charge in [0, 0.05) is 0 Å². The summed E-state index contributed by atoms with van der Waals surface area (Å²) in [6, 6.07) is 40.8. The monoisotopic (exact) mass is 430 g/mol. The van der Waals surface area contributed by atoms with Gasteiger partial charge >= 0.3 is 164 Å². The molecule has 0 aliphatic rings. The van der Waals surface area contributed by atoms with Crippen LogP contribution < -0.4 is 0 Å². The number of hydrogen-bond acceptors (Lipinski definition) is 0. The molecule has 2 heteroatoms. The minimum atomic E-state index is -0.290. The first-order valence-electron chi connectivity index (χ1n) is 8.78. The molecule has 0 fully saturated rings. The second-order valence-corrected chi connectivity index (χ2v) is 7.76. The quantitative estimate of drug-likeness (QED) is 0.266. The molecule has 0 amide bonds. The van der Waals surface area contributed by atoms with Gasteiger partial charge in [0.25, 0.3) is 0 Å². The summed E-state index contributed by atoms with van der Waals surface area (Å²) in [6.45, 7) is 0. The van der Waals surface area contributed by atoms with Crippen molar-refractivity contribution in [3.8, 4) is 11.1 Å². The first-order valence-corrected chi connectivity index (χ1v) is 9.72. The van der Waals surface area contributed by atoms with E-state index >= 15 is 0 Å². The minimum absolute atomic E-state index is 0. The standard InChI is InChI=1S/C25H19As.ClH/c26-25(21-14-6-2-7-15-21,22-16-8-3-9-17-22)24-19-11-10-18-23(24)20-12-4-1-5-13-20;/h1-19H;1H. The molecule has 0 nitrogen and oxygen atoms in total. The van der Waals surface area contributed by atoms with E-state index in [1.807, 2.05) is 0 Å². The molecule has 0 atom stereocenters. The number of halogens is 1. The molecule has 0 bridgehead atoms. The Kier molecular flexibility index (Phi) is 6.22. The zero-order valence-corrected chi connectivity index (χ0v) is 17.5. The summed E-state index contributed by atoms with van der Waals surface area (Å²) >= 11 is 2.94. The summed E-state index contributed by atoms with van der Waals surface area (Å²) in [5.41, 5.74) is 6.35. The molecule has 2 radical (unpaired) electrons. The first-order chi connectivity index (χ1) is 12.8. The molecular formula is C25H20AsCl. The van der Waals surface area contributed by atoms with Crippen LogP contribution in [0.4, 0.5) is 0 Å². The van der Waals surface area contributed by atoms with Crippen LogP contribution in [0.15, 0.2) is 115 Å². The third-order valence-corrected chi connectivity index (χ3v) is 6.37. The molecule has 0 unspecified atom stereocenters. The normalized spacial score (nSPS) is 10.9. The van der Waals surface area contributed by atoms with E-state index in [1.165, 1.54) is 27.8 Å². The third kappa shape index (κ3) is 3.74. The summed E-state index contributed by atoms with van der Waals surface area (Å²) in [5, 5.41) is 0. The van der Waals surface area contributed by atoms with Gasteiger partial charge in [0.05, 0.1) is 0 Å². The molecule has 0 N–H and O–H groups in total. The van der Waals surface area contributed by atoms with E-state index in [1.54, 1.807) is 0 Å². The molecule has 0 saturated heterocycles. The van der Waals surface area contributed by atoms with Crippen LogP contribution in [0.1, 0.15) is 16.7 Å². The predicted octanol–water partition coefficient (Wildman–Crippen LogP) is 6.24. The van der Waals surface area contributed by atoms with Crippen LogP contribution in [0.25, 0.3) is 11.1 Å². The fourth-order valence-corrected chi connectivity index (χ4v) is 4.54. The molecule has 132 valence electrons. The zero-order chi connectivity index (χ0) is 17.8. The van der Waals surface area contributed by atoms with Crippen LogP contribution in [0, 0.1) is 0 Å². The Morgan fingerprint density at radius 3 is 1.41 bits per heavy atom. The van der Waals surface area contributed by atoms with E-state index in [-0.39, 0.29) is 16.6 Å². The van der Waals surface area contributed by atoms with Gasteiger partial charge in [-0.25, -0.2) is 0 Å². The van der Waals surface area contributed by atoms with Crippen LogP contribution in [-0.2, 0) is 4.20 Å². The fraction of sp³-hybridized carbons (Fsp3) is 0.0400. The van der Waals surface area contributed by atoms with Gasteiger partial charge in [0.2, 0.25) is 0 Å². The van der Waals surface area contributed by atoms with Gasteiger partial charge in [0.15, 0.2) is 0 Å². The number of hydrogen-bond donors (Lipinski definition) is 0. The van der Waals surface area contributed by atoms with E-state index in [9.17, 15) is 0 Å². The molecule has 4 aromatic carbocycles. The maximum absolute atomic E-state index is 2.94. The fourth-order valence-electron chi connectivity index (χ4n) is 3.50. The molecule has 0 saturated carbocycles. The Balaban J connectivity index is 0.00000210. The Morgan fingerprint density at radius 1 is 0.481 bits per heavy atom. The third-order valence-electron chi connectivity index (χ3n) is 4.78. The van der Waals surface area contributed by atoms with Crippen molar-refractivity contribution < 1.29 is 0 Å². The summed E-state index contributed by atoms with van der Waals surface area (Å²) in [7, 11) is 0. The van der Waals surface area contributed by atoms with Crippen LogP contribution >= 0.6 is 12.4 Å². The van der Waals surface area contributed by atoms with E-state index in [4.69, 9.17) is 0 Å². The molecule has 0 heterocycles. The maximum atomic E-state index is 2.94. The number of benzene rings is 4. The average molecular weight is 431 g/mol. The van der Waals surface area contributed by atoms with Crippen molar-refractivity contribution in [2.24, 2.45) is 0 Å². The molecular weight excluding hydrogens is 411 g/mol. The van der Waals surface area contributed by atoms with Gasteiger partial charge in [0.1, 0.15) is 0 Å². The van der Waals surface area contributed by atoms with Crippen LogP contribution in [0.3, 0.4) is 0 Å². The van der Waals surface area contributed by atoms with Crippen molar-refractivity contribution in [2.45, 2.75) is 4.20 Å². The van der Waals surface area contributed by atoms with Gasteiger partial charge in [-0.15, -0.1) is 12.4 Å². The van der Waals surface area contributed by atoms with Gasteiger partial charge < -0.3 is 0 Å². The van der Waals surface area contributed by atoms with Crippen LogP contribution in [-0.4, -0.2) is 16.9 Å². The molecule has 27 heavy (non-hydrogen) atoms. The van der Waals surface area contributed by atoms with Crippen molar-refractivity contribution in [3.63, 3.8) is 0 Å². The van der Waals surface area contributed by atoms with Gasteiger partial charge in [-0.05, 0) is 0 Å². The second kappa shape index (κ2) is 8.61. The summed E-state index contributed by atoms with van der Waals surface area (Å²) in [5.74, 6) is 0. The van der Waals surface area contributed by atoms with Crippen LogP contribution in [0.2, 0.25) is 0 Å².